The molecule has 15 heavy (non-hydrogen) atoms. The molecule has 0 saturated heterocycles. The second-order valence-corrected chi connectivity index (χ2v) is 4.51. The van der Waals surface area contributed by atoms with Crippen LogP contribution in [0, 0.1) is 0 Å². The van der Waals surface area contributed by atoms with E-state index in [1.165, 1.54) is 0 Å². The lowest BCUT2D eigenvalue weighted by Crippen LogP contribution is -2.25. The van der Waals surface area contributed by atoms with Gasteiger partial charge in [-0.05, 0) is 12.8 Å². The summed E-state index contributed by atoms with van der Waals surface area (Å²) in [5.41, 5.74) is 1.13. The summed E-state index contributed by atoms with van der Waals surface area (Å²) in [7, 11) is 1.70. The molecule has 0 radical (unpaired) electrons. The van der Waals surface area contributed by atoms with Gasteiger partial charge in [-0.25, -0.2) is 4.98 Å². The maximum absolute atomic E-state index is 5.72. The van der Waals surface area contributed by atoms with E-state index < -0.39 is 0 Å². The largest absolute Gasteiger partial charge is 0.383 e. The number of methoxy groups -OCH3 is 1. The first kappa shape index (κ1) is 12.7. The lowest BCUT2D eigenvalue weighted by molar-refractivity contribution is 0.184. The van der Waals surface area contributed by atoms with Crippen LogP contribution >= 0.6 is 22.9 Å². The van der Waals surface area contributed by atoms with Crippen molar-refractivity contribution in [1.82, 2.24) is 4.98 Å². The first-order valence-electron chi connectivity index (χ1n) is 5.06. The van der Waals surface area contributed by atoms with Gasteiger partial charge >= 0.3 is 0 Å². The number of rotatable bonds is 7. The third-order valence-corrected chi connectivity index (χ3v) is 3.11. The quantitative estimate of drug-likeness (QED) is 0.754. The molecular weight excluding hydrogens is 232 g/mol. The van der Waals surface area contributed by atoms with Crippen molar-refractivity contribution in [2.45, 2.75) is 25.8 Å². The van der Waals surface area contributed by atoms with Crippen LogP contribution in [0.1, 0.15) is 19.0 Å². The molecule has 1 unspecified atom stereocenters. The topological polar surface area (TPSA) is 34.1 Å². The molecule has 0 bridgehead atoms. The van der Waals surface area contributed by atoms with E-state index in [0.29, 0.717) is 12.5 Å². The van der Waals surface area contributed by atoms with Gasteiger partial charge in [-0.2, -0.15) is 0 Å². The van der Waals surface area contributed by atoms with E-state index in [9.17, 15) is 0 Å². The Balaban J connectivity index is 2.48. The maximum Gasteiger partial charge on any atom is 0.183 e. The number of aryl methyl sites for hydroxylation is 1. The number of thiazole rings is 1. The molecule has 0 fully saturated rings. The highest BCUT2D eigenvalue weighted by Crippen LogP contribution is 2.17. The van der Waals surface area contributed by atoms with Gasteiger partial charge in [0.05, 0.1) is 18.3 Å². The van der Waals surface area contributed by atoms with Crippen LogP contribution in [0.25, 0.3) is 0 Å². The summed E-state index contributed by atoms with van der Waals surface area (Å²) >= 11 is 7.35. The van der Waals surface area contributed by atoms with Crippen LogP contribution in [0.3, 0.4) is 0 Å². The van der Waals surface area contributed by atoms with E-state index in [2.05, 4.69) is 22.6 Å². The minimum absolute atomic E-state index is 0.253. The molecular formula is C10H17ClN2OS. The van der Waals surface area contributed by atoms with Gasteiger partial charge in [0.25, 0.3) is 0 Å². The number of aromatic nitrogens is 1. The summed E-state index contributed by atoms with van der Waals surface area (Å²) in [4.78, 5) is 4.44. The number of ether oxygens (including phenoxy) is 1. The molecule has 1 rings (SSSR count). The van der Waals surface area contributed by atoms with Gasteiger partial charge in [-0.15, -0.1) is 22.9 Å². The maximum atomic E-state index is 5.72. The van der Waals surface area contributed by atoms with Crippen molar-refractivity contribution >= 4 is 28.1 Å². The lowest BCUT2D eigenvalue weighted by Gasteiger charge is -2.15. The molecule has 0 aliphatic heterocycles. The average Bonchev–Trinajstić information content (AvgIpc) is 2.66. The van der Waals surface area contributed by atoms with E-state index >= 15 is 0 Å². The van der Waals surface area contributed by atoms with E-state index in [1.54, 1.807) is 18.4 Å². The Kier molecular flexibility index (Phi) is 5.98. The molecule has 0 aliphatic carbocycles. The molecule has 0 spiro atoms. The molecule has 1 aromatic rings. The molecule has 1 atom stereocenters. The van der Waals surface area contributed by atoms with E-state index in [4.69, 9.17) is 16.3 Å². The standard InChI is InChI=1S/C10H17ClN2OS/c1-3-8-7-15-10(12-8)13-9(4-5-11)6-14-2/h7,9H,3-6H2,1-2H3,(H,12,13). The Morgan fingerprint density at radius 2 is 2.47 bits per heavy atom. The normalized spacial score (nSPS) is 12.7. The fourth-order valence-electron chi connectivity index (χ4n) is 1.24. The second-order valence-electron chi connectivity index (χ2n) is 3.27. The van der Waals surface area contributed by atoms with Crippen molar-refractivity contribution in [1.29, 1.82) is 0 Å². The Hall–Kier alpha value is -0.320. The summed E-state index contributed by atoms with van der Waals surface area (Å²) < 4.78 is 5.12. The summed E-state index contributed by atoms with van der Waals surface area (Å²) in [6, 6.07) is 0.253. The van der Waals surface area contributed by atoms with Crippen LogP contribution in [0.5, 0.6) is 0 Å². The minimum Gasteiger partial charge on any atom is -0.383 e. The van der Waals surface area contributed by atoms with Gasteiger partial charge in [0.2, 0.25) is 0 Å². The first-order valence-corrected chi connectivity index (χ1v) is 6.47. The third kappa shape index (κ3) is 4.36. The van der Waals surface area contributed by atoms with Crippen molar-refractivity contribution in [3.63, 3.8) is 0 Å². The molecule has 0 amide bonds. The number of hydrogen-bond acceptors (Lipinski definition) is 4. The summed E-state index contributed by atoms with van der Waals surface area (Å²) in [5, 5.41) is 6.37. The molecule has 0 aliphatic rings. The molecule has 1 aromatic heterocycles. The van der Waals surface area contributed by atoms with Gasteiger partial charge in [0, 0.05) is 18.4 Å². The third-order valence-electron chi connectivity index (χ3n) is 2.07. The van der Waals surface area contributed by atoms with Gasteiger partial charge in [0.15, 0.2) is 5.13 Å². The van der Waals surface area contributed by atoms with Crippen molar-refractivity contribution < 1.29 is 4.74 Å². The lowest BCUT2D eigenvalue weighted by atomic mass is 10.2. The zero-order chi connectivity index (χ0) is 11.1. The molecule has 86 valence electrons. The van der Waals surface area contributed by atoms with E-state index in [1.807, 2.05) is 0 Å². The number of nitrogens with zero attached hydrogens (tertiary/aromatic N) is 1. The van der Waals surface area contributed by atoms with Crippen molar-refractivity contribution in [2.24, 2.45) is 0 Å². The number of nitrogens with one attached hydrogen (secondary N) is 1. The highest BCUT2D eigenvalue weighted by molar-refractivity contribution is 7.13. The Bertz CT molecular complexity index is 274. The summed E-state index contributed by atoms with van der Waals surface area (Å²) in [6.07, 6.45) is 1.86. The van der Waals surface area contributed by atoms with Crippen molar-refractivity contribution in [3.8, 4) is 0 Å². The predicted molar refractivity (Wildman–Crippen MR) is 66.1 cm³/mol. The summed E-state index contributed by atoms with van der Waals surface area (Å²) in [5.74, 6) is 0.632. The average molecular weight is 249 g/mol. The predicted octanol–water partition coefficient (Wildman–Crippen LogP) is 2.76. The Labute approximate surface area is 99.8 Å². The highest BCUT2D eigenvalue weighted by Gasteiger charge is 2.09. The van der Waals surface area contributed by atoms with Crippen molar-refractivity contribution in [2.75, 3.05) is 24.9 Å². The molecule has 1 heterocycles. The summed E-state index contributed by atoms with van der Waals surface area (Å²) in [6.45, 7) is 2.76. The number of alkyl halides is 1. The van der Waals surface area contributed by atoms with Gasteiger partial charge in [-0.3, -0.25) is 0 Å². The molecule has 0 saturated carbocycles. The van der Waals surface area contributed by atoms with Crippen LogP contribution in [-0.2, 0) is 11.2 Å². The smallest absolute Gasteiger partial charge is 0.183 e. The SMILES string of the molecule is CCc1csc(NC(CCCl)COC)n1. The van der Waals surface area contributed by atoms with Gasteiger partial charge < -0.3 is 10.1 Å². The van der Waals surface area contributed by atoms with Crippen LogP contribution in [0.15, 0.2) is 5.38 Å². The number of halogens is 1. The Morgan fingerprint density at radius 3 is 3.00 bits per heavy atom. The zero-order valence-corrected chi connectivity index (χ0v) is 10.7. The second kappa shape index (κ2) is 7.04. The fourth-order valence-corrected chi connectivity index (χ4v) is 2.38. The first-order chi connectivity index (χ1) is 7.30. The monoisotopic (exact) mass is 248 g/mol. The van der Waals surface area contributed by atoms with E-state index in [-0.39, 0.29) is 6.04 Å². The molecule has 0 aromatic carbocycles. The Morgan fingerprint density at radius 1 is 1.67 bits per heavy atom. The van der Waals surface area contributed by atoms with Crippen LogP contribution in [0.2, 0.25) is 0 Å². The van der Waals surface area contributed by atoms with Gasteiger partial charge in [-0.1, -0.05) is 6.92 Å². The van der Waals surface area contributed by atoms with Crippen molar-refractivity contribution in [3.05, 3.63) is 11.1 Å². The van der Waals surface area contributed by atoms with E-state index in [0.717, 1.165) is 23.7 Å². The zero-order valence-electron chi connectivity index (χ0n) is 9.12. The molecule has 5 heteroatoms. The minimum atomic E-state index is 0.253. The molecule has 1 N–H and O–H groups in total. The fraction of sp³-hybridized carbons (Fsp3) is 0.700. The number of hydrogen-bond donors (Lipinski definition) is 1. The molecule has 3 nitrogen and oxygen atoms in total. The number of anilines is 1. The van der Waals surface area contributed by atoms with Gasteiger partial charge in [0.1, 0.15) is 0 Å². The van der Waals surface area contributed by atoms with Crippen LogP contribution in [0.4, 0.5) is 5.13 Å². The van der Waals surface area contributed by atoms with Crippen LogP contribution in [-0.4, -0.2) is 30.6 Å². The van der Waals surface area contributed by atoms with Crippen LogP contribution < -0.4 is 5.32 Å². The highest BCUT2D eigenvalue weighted by atomic mass is 35.5.